The van der Waals surface area contributed by atoms with Gasteiger partial charge >= 0.3 is 5.69 Å². The Balaban J connectivity index is 2.45. The van der Waals surface area contributed by atoms with Gasteiger partial charge in [-0.2, -0.15) is 4.98 Å². The summed E-state index contributed by atoms with van der Waals surface area (Å²) in [4.78, 5) is 17.5. The monoisotopic (exact) mass is 299 g/mol. The van der Waals surface area contributed by atoms with Gasteiger partial charge in [-0.1, -0.05) is 0 Å². The lowest BCUT2D eigenvalue weighted by molar-refractivity contribution is -0.384. The summed E-state index contributed by atoms with van der Waals surface area (Å²) in [7, 11) is 1.49. The van der Waals surface area contributed by atoms with E-state index in [0.717, 1.165) is 6.20 Å². The second kappa shape index (κ2) is 5.61. The van der Waals surface area contributed by atoms with Gasteiger partial charge in [-0.15, -0.1) is 0 Å². The molecule has 21 heavy (non-hydrogen) atoms. The first-order chi connectivity index (χ1) is 9.92. The highest BCUT2D eigenvalue weighted by atomic mass is 19.2. The smallest absolute Gasteiger partial charge is 0.329 e. The minimum atomic E-state index is -1.63. The molecule has 0 bridgehead atoms. The molecule has 0 radical (unpaired) electrons. The predicted molar refractivity (Wildman–Crippen MR) is 67.8 cm³/mol. The first-order valence-electron chi connectivity index (χ1n) is 5.53. The summed E-state index contributed by atoms with van der Waals surface area (Å²) in [6.07, 6.45) is 0.928. The molecule has 110 valence electrons. The molecule has 0 saturated heterocycles. The van der Waals surface area contributed by atoms with Crippen LogP contribution in [-0.2, 0) is 0 Å². The molecule has 1 aromatic heterocycles. The topological polar surface area (TPSA) is 93.0 Å². The first-order valence-corrected chi connectivity index (χ1v) is 5.53. The molecule has 7 nitrogen and oxygen atoms in total. The fraction of sp³-hybridized carbons (Fsp3) is 0.0909. The number of nitrogens with one attached hydrogen (secondary N) is 2. The highest BCUT2D eigenvalue weighted by Gasteiger charge is 2.19. The number of hydrogen-bond donors (Lipinski definition) is 2. The van der Waals surface area contributed by atoms with Crippen LogP contribution in [-0.4, -0.2) is 21.9 Å². The van der Waals surface area contributed by atoms with Crippen LogP contribution in [0.2, 0.25) is 0 Å². The van der Waals surface area contributed by atoms with Crippen molar-refractivity contribution in [3.63, 3.8) is 0 Å². The Morgan fingerprint density at radius 1 is 1.24 bits per heavy atom. The molecule has 2 N–H and O–H groups in total. The van der Waals surface area contributed by atoms with Gasteiger partial charge in [0.25, 0.3) is 0 Å². The Morgan fingerprint density at radius 3 is 2.38 bits per heavy atom. The zero-order valence-electron chi connectivity index (χ0n) is 10.5. The lowest BCUT2D eigenvalue weighted by Gasteiger charge is -2.08. The Hall–Kier alpha value is -2.91. The average Bonchev–Trinajstić information content (AvgIpc) is 2.44. The van der Waals surface area contributed by atoms with Crippen LogP contribution in [0.15, 0.2) is 18.3 Å². The molecule has 10 heteroatoms. The van der Waals surface area contributed by atoms with E-state index in [1.807, 2.05) is 0 Å². The van der Waals surface area contributed by atoms with Gasteiger partial charge in [-0.05, 0) is 0 Å². The van der Waals surface area contributed by atoms with Crippen LogP contribution in [0.25, 0.3) is 0 Å². The van der Waals surface area contributed by atoms with Crippen LogP contribution in [0.1, 0.15) is 0 Å². The highest BCUT2D eigenvalue weighted by Crippen LogP contribution is 2.27. The number of halogens is 3. The molecule has 1 heterocycles. The molecular weight excluding hydrogens is 291 g/mol. The number of aromatic nitrogens is 2. The lowest BCUT2D eigenvalue weighted by Crippen LogP contribution is -2.05. The Labute approximate surface area is 116 Å². The van der Waals surface area contributed by atoms with Gasteiger partial charge in [0.2, 0.25) is 11.8 Å². The van der Waals surface area contributed by atoms with Crippen molar-refractivity contribution in [1.29, 1.82) is 0 Å². The average molecular weight is 299 g/mol. The number of rotatable bonds is 4. The van der Waals surface area contributed by atoms with Gasteiger partial charge in [0.05, 0.1) is 4.92 Å². The molecule has 0 aliphatic heterocycles. The summed E-state index contributed by atoms with van der Waals surface area (Å²) in [5, 5.41) is 15.8. The van der Waals surface area contributed by atoms with Crippen molar-refractivity contribution in [2.24, 2.45) is 0 Å². The van der Waals surface area contributed by atoms with Crippen LogP contribution in [0.3, 0.4) is 0 Å². The fourth-order valence-electron chi connectivity index (χ4n) is 1.49. The van der Waals surface area contributed by atoms with E-state index in [0.29, 0.717) is 12.1 Å². The summed E-state index contributed by atoms with van der Waals surface area (Å²) < 4.78 is 39.1. The van der Waals surface area contributed by atoms with Crippen molar-refractivity contribution in [3.05, 3.63) is 45.9 Å². The van der Waals surface area contributed by atoms with Gasteiger partial charge in [-0.3, -0.25) is 10.1 Å². The van der Waals surface area contributed by atoms with Crippen molar-refractivity contribution in [1.82, 2.24) is 9.97 Å². The molecule has 0 atom stereocenters. The van der Waals surface area contributed by atoms with Crippen LogP contribution in [0.5, 0.6) is 0 Å². The summed E-state index contributed by atoms with van der Waals surface area (Å²) in [5.74, 6) is -4.71. The van der Waals surface area contributed by atoms with Crippen molar-refractivity contribution in [3.8, 4) is 0 Å². The molecule has 0 aliphatic rings. The van der Waals surface area contributed by atoms with Crippen molar-refractivity contribution in [2.45, 2.75) is 0 Å². The molecule has 0 fully saturated rings. The molecule has 2 rings (SSSR count). The van der Waals surface area contributed by atoms with E-state index in [1.165, 1.54) is 7.05 Å². The number of benzene rings is 1. The predicted octanol–water partition coefficient (Wildman–Crippen LogP) is 2.59. The normalized spacial score (nSPS) is 10.3. The standard InChI is InChI=1S/C11H8F3N5O2/c1-15-11-16-4-8(19(20)21)10(18-11)17-5-2-6(12)9(14)7(13)3-5/h2-4H,1H3,(H2,15,16,17,18). The molecule has 0 amide bonds. The third-order valence-corrected chi connectivity index (χ3v) is 2.44. The number of nitrogens with zero attached hydrogens (tertiary/aromatic N) is 3. The Morgan fingerprint density at radius 2 is 1.86 bits per heavy atom. The van der Waals surface area contributed by atoms with Gasteiger partial charge in [-0.25, -0.2) is 18.2 Å². The SMILES string of the molecule is CNc1ncc([N+](=O)[O-])c(Nc2cc(F)c(F)c(F)c2)n1. The van der Waals surface area contributed by atoms with Crippen LogP contribution < -0.4 is 10.6 Å². The minimum absolute atomic E-state index is 0.0613. The maximum Gasteiger partial charge on any atom is 0.329 e. The molecule has 0 spiro atoms. The maximum absolute atomic E-state index is 13.1. The molecule has 0 unspecified atom stereocenters. The van der Waals surface area contributed by atoms with Crippen molar-refractivity contribution >= 4 is 23.1 Å². The molecule has 0 aliphatic carbocycles. The van der Waals surface area contributed by atoms with Gasteiger partial charge in [0.1, 0.15) is 6.20 Å². The van der Waals surface area contributed by atoms with Gasteiger partial charge in [0, 0.05) is 24.9 Å². The third-order valence-electron chi connectivity index (χ3n) is 2.44. The fourth-order valence-corrected chi connectivity index (χ4v) is 1.49. The van der Waals surface area contributed by atoms with E-state index < -0.39 is 28.1 Å². The van der Waals surface area contributed by atoms with E-state index in [-0.39, 0.29) is 17.5 Å². The molecular formula is C11H8F3N5O2. The number of anilines is 3. The van der Waals surface area contributed by atoms with E-state index in [9.17, 15) is 23.3 Å². The van der Waals surface area contributed by atoms with E-state index >= 15 is 0 Å². The number of hydrogen-bond acceptors (Lipinski definition) is 6. The van der Waals surface area contributed by atoms with Crippen LogP contribution in [0.4, 0.5) is 36.3 Å². The first kappa shape index (κ1) is 14.5. The van der Waals surface area contributed by atoms with E-state index in [1.54, 1.807) is 0 Å². The second-order valence-electron chi connectivity index (χ2n) is 3.81. The molecule has 1 aromatic carbocycles. The Bertz CT molecular complexity index is 687. The second-order valence-corrected chi connectivity index (χ2v) is 3.81. The summed E-state index contributed by atoms with van der Waals surface area (Å²) in [6.45, 7) is 0. The lowest BCUT2D eigenvalue weighted by atomic mass is 10.3. The summed E-state index contributed by atoms with van der Waals surface area (Å²) in [5.41, 5.74) is -0.727. The summed E-state index contributed by atoms with van der Waals surface area (Å²) in [6, 6.07) is 1.31. The maximum atomic E-state index is 13.1. The Kier molecular flexibility index (Phi) is 3.87. The van der Waals surface area contributed by atoms with Crippen LogP contribution in [0, 0.1) is 27.6 Å². The van der Waals surface area contributed by atoms with Gasteiger partial charge < -0.3 is 10.6 Å². The minimum Gasteiger partial charge on any atom is -0.357 e. The molecule has 0 saturated carbocycles. The quantitative estimate of drug-likeness (QED) is 0.512. The molecule has 2 aromatic rings. The zero-order valence-corrected chi connectivity index (χ0v) is 10.5. The van der Waals surface area contributed by atoms with E-state index in [4.69, 9.17) is 0 Å². The largest absolute Gasteiger partial charge is 0.357 e. The van der Waals surface area contributed by atoms with Gasteiger partial charge in [0.15, 0.2) is 17.5 Å². The summed E-state index contributed by atoms with van der Waals surface area (Å²) >= 11 is 0. The number of nitro groups is 1. The van der Waals surface area contributed by atoms with Crippen molar-refractivity contribution < 1.29 is 18.1 Å². The van der Waals surface area contributed by atoms with Crippen LogP contribution >= 0.6 is 0 Å². The zero-order chi connectivity index (χ0) is 15.6. The highest BCUT2D eigenvalue weighted by molar-refractivity contribution is 5.66. The van der Waals surface area contributed by atoms with Crippen molar-refractivity contribution in [2.75, 3.05) is 17.7 Å². The van der Waals surface area contributed by atoms with E-state index in [2.05, 4.69) is 20.6 Å². The third kappa shape index (κ3) is 2.99.